The Hall–Kier alpha value is -0.570. The molecule has 2 aliphatic rings. The summed E-state index contributed by atoms with van der Waals surface area (Å²) < 4.78 is 5.42. The lowest BCUT2D eigenvalue weighted by Gasteiger charge is -2.21. The van der Waals surface area contributed by atoms with Crippen molar-refractivity contribution in [2.75, 3.05) is 6.61 Å². The van der Waals surface area contributed by atoms with Crippen LogP contribution in [0.4, 0.5) is 0 Å². The van der Waals surface area contributed by atoms with E-state index in [1.807, 2.05) is 6.92 Å². The Morgan fingerprint density at radius 3 is 2.83 bits per heavy atom. The number of carbonyl (C=O) groups excluding carboxylic acids is 1. The topological polar surface area (TPSA) is 38.3 Å². The molecule has 3 nitrogen and oxygen atoms in total. The van der Waals surface area contributed by atoms with E-state index in [9.17, 15) is 4.79 Å². The summed E-state index contributed by atoms with van der Waals surface area (Å²) in [6.07, 6.45) is 4.16. The Bertz CT molecular complexity index is 193. The predicted octanol–water partition coefficient (Wildman–Crippen LogP) is 0.834. The minimum Gasteiger partial charge on any atom is -0.365 e. The van der Waals surface area contributed by atoms with Gasteiger partial charge in [-0.15, -0.1) is 0 Å². The second kappa shape index (κ2) is 2.73. The number of amides is 1. The third kappa shape index (κ3) is 1.46. The standard InChI is InChI=1S/C9H15NO2/c1-9(5-2-6-12-9)8(11)10-7-3-4-7/h7H,2-6H2,1H3,(H,10,11). The Kier molecular flexibility index (Phi) is 1.83. The Labute approximate surface area is 72.5 Å². The highest BCUT2D eigenvalue weighted by atomic mass is 16.5. The SMILES string of the molecule is CC1(C(=O)NC2CC2)CCCO1. The van der Waals surface area contributed by atoms with Crippen molar-refractivity contribution in [3.8, 4) is 0 Å². The highest BCUT2D eigenvalue weighted by Gasteiger charge is 2.39. The fourth-order valence-electron chi connectivity index (χ4n) is 1.52. The molecule has 1 heterocycles. The van der Waals surface area contributed by atoms with Crippen LogP contribution in [0.5, 0.6) is 0 Å². The molecule has 1 aliphatic carbocycles. The zero-order valence-corrected chi connectivity index (χ0v) is 7.43. The molecule has 0 aromatic heterocycles. The molecule has 1 saturated carbocycles. The number of ether oxygens (including phenoxy) is 1. The normalized spacial score (nSPS) is 35.1. The first kappa shape index (κ1) is 8.05. The van der Waals surface area contributed by atoms with Gasteiger partial charge >= 0.3 is 0 Å². The highest BCUT2D eigenvalue weighted by molar-refractivity contribution is 5.85. The molecule has 1 N–H and O–H groups in total. The van der Waals surface area contributed by atoms with Gasteiger partial charge in [-0.1, -0.05) is 0 Å². The molecule has 1 amide bonds. The van der Waals surface area contributed by atoms with E-state index >= 15 is 0 Å². The van der Waals surface area contributed by atoms with Crippen molar-refractivity contribution >= 4 is 5.91 Å². The molecular weight excluding hydrogens is 154 g/mol. The van der Waals surface area contributed by atoms with E-state index < -0.39 is 5.60 Å². The van der Waals surface area contributed by atoms with Crippen LogP contribution in [0.15, 0.2) is 0 Å². The molecule has 68 valence electrons. The van der Waals surface area contributed by atoms with Crippen LogP contribution in [0.3, 0.4) is 0 Å². The van der Waals surface area contributed by atoms with Gasteiger partial charge in [-0.25, -0.2) is 0 Å². The van der Waals surface area contributed by atoms with Crippen molar-refractivity contribution in [1.82, 2.24) is 5.32 Å². The van der Waals surface area contributed by atoms with Gasteiger partial charge in [-0.05, 0) is 32.6 Å². The summed E-state index contributed by atoms with van der Waals surface area (Å²) in [5.41, 5.74) is -0.525. The van der Waals surface area contributed by atoms with E-state index in [4.69, 9.17) is 4.74 Å². The van der Waals surface area contributed by atoms with Crippen molar-refractivity contribution in [1.29, 1.82) is 0 Å². The largest absolute Gasteiger partial charge is 0.365 e. The van der Waals surface area contributed by atoms with Crippen molar-refractivity contribution < 1.29 is 9.53 Å². The molecular formula is C9H15NO2. The molecule has 12 heavy (non-hydrogen) atoms. The Morgan fingerprint density at radius 2 is 2.33 bits per heavy atom. The zero-order valence-electron chi connectivity index (χ0n) is 7.43. The monoisotopic (exact) mass is 169 g/mol. The minimum atomic E-state index is -0.525. The van der Waals surface area contributed by atoms with Crippen LogP contribution in [-0.2, 0) is 9.53 Å². The number of carbonyl (C=O) groups is 1. The average Bonchev–Trinajstić information content (AvgIpc) is 2.73. The van der Waals surface area contributed by atoms with Crippen LogP contribution < -0.4 is 5.32 Å². The summed E-state index contributed by atoms with van der Waals surface area (Å²) in [6.45, 7) is 2.62. The molecule has 2 fully saturated rings. The van der Waals surface area contributed by atoms with Crippen LogP contribution >= 0.6 is 0 Å². The number of hydrogen-bond donors (Lipinski definition) is 1. The van der Waals surface area contributed by atoms with Crippen LogP contribution in [-0.4, -0.2) is 24.2 Å². The van der Waals surface area contributed by atoms with E-state index in [1.54, 1.807) is 0 Å². The van der Waals surface area contributed by atoms with Crippen LogP contribution in [0.25, 0.3) is 0 Å². The van der Waals surface area contributed by atoms with Crippen molar-refractivity contribution in [3.05, 3.63) is 0 Å². The van der Waals surface area contributed by atoms with Gasteiger partial charge in [0.15, 0.2) is 0 Å². The maximum Gasteiger partial charge on any atom is 0.252 e. The molecule has 0 bridgehead atoms. The van der Waals surface area contributed by atoms with Gasteiger partial charge in [0.25, 0.3) is 5.91 Å². The van der Waals surface area contributed by atoms with Gasteiger partial charge in [-0.3, -0.25) is 4.79 Å². The average molecular weight is 169 g/mol. The van der Waals surface area contributed by atoms with E-state index in [0.29, 0.717) is 6.04 Å². The van der Waals surface area contributed by atoms with Crippen molar-refractivity contribution in [2.45, 2.75) is 44.2 Å². The molecule has 0 aromatic rings. The lowest BCUT2D eigenvalue weighted by molar-refractivity contribution is -0.139. The number of rotatable bonds is 2. The van der Waals surface area contributed by atoms with E-state index in [-0.39, 0.29) is 5.91 Å². The quantitative estimate of drug-likeness (QED) is 0.665. The predicted molar refractivity (Wildman–Crippen MR) is 44.8 cm³/mol. The molecule has 0 spiro atoms. The fraction of sp³-hybridized carbons (Fsp3) is 0.889. The van der Waals surface area contributed by atoms with E-state index in [2.05, 4.69) is 5.32 Å². The maximum atomic E-state index is 11.6. The van der Waals surface area contributed by atoms with Gasteiger partial charge in [0.1, 0.15) is 5.60 Å². The molecule has 1 atom stereocenters. The zero-order chi connectivity index (χ0) is 8.60. The molecule has 1 saturated heterocycles. The number of nitrogens with one attached hydrogen (secondary N) is 1. The molecule has 2 rings (SSSR count). The summed E-state index contributed by atoms with van der Waals surface area (Å²) in [5.74, 6) is 0.0856. The third-order valence-electron chi connectivity index (χ3n) is 2.61. The van der Waals surface area contributed by atoms with Crippen LogP contribution in [0, 0.1) is 0 Å². The lowest BCUT2D eigenvalue weighted by atomic mass is 10.0. The summed E-state index contributed by atoms with van der Waals surface area (Å²) in [6, 6.07) is 0.443. The van der Waals surface area contributed by atoms with E-state index in [0.717, 1.165) is 32.3 Å². The second-order valence-corrected chi connectivity index (χ2v) is 3.93. The highest BCUT2D eigenvalue weighted by Crippen LogP contribution is 2.27. The lowest BCUT2D eigenvalue weighted by Crippen LogP contribution is -2.44. The van der Waals surface area contributed by atoms with E-state index in [1.165, 1.54) is 0 Å². The summed E-state index contributed by atoms with van der Waals surface area (Å²) in [5, 5.41) is 2.97. The van der Waals surface area contributed by atoms with Gasteiger partial charge in [-0.2, -0.15) is 0 Å². The third-order valence-corrected chi connectivity index (χ3v) is 2.61. The number of hydrogen-bond acceptors (Lipinski definition) is 2. The van der Waals surface area contributed by atoms with Crippen LogP contribution in [0.1, 0.15) is 32.6 Å². The maximum absolute atomic E-state index is 11.6. The van der Waals surface area contributed by atoms with Gasteiger partial charge in [0, 0.05) is 12.6 Å². The van der Waals surface area contributed by atoms with Gasteiger partial charge in [0.05, 0.1) is 0 Å². The smallest absolute Gasteiger partial charge is 0.252 e. The Morgan fingerprint density at radius 1 is 1.58 bits per heavy atom. The second-order valence-electron chi connectivity index (χ2n) is 3.93. The van der Waals surface area contributed by atoms with Crippen molar-refractivity contribution in [3.63, 3.8) is 0 Å². The Balaban J connectivity index is 1.91. The molecule has 0 radical (unpaired) electrons. The molecule has 1 aliphatic heterocycles. The van der Waals surface area contributed by atoms with Crippen LogP contribution in [0.2, 0.25) is 0 Å². The summed E-state index contributed by atoms with van der Waals surface area (Å²) >= 11 is 0. The molecule has 1 unspecified atom stereocenters. The fourth-order valence-corrected chi connectivity index (χ4v) is 1.52. The first-order valence-corrected chi connectivity index (χ1v) is 4.66. The molecule has 0 aromatic carbocycles. The minimum absolute atomic E-state index is 0.0856. The molecule has 3 heteroatoms. The van der Waals surface area contributed by atoms with Crippen molar-refractivity contribution in [2.24, 2.45) is 0 Å². The summed E-state index contributed by atoms with van der Waals surface area (Å²) in [4.78, 5) is 11.6. The first-order chi connectivity index (χ1) is 5.71. The van der Waals surface area contributed by atoms with Gasteiger partial charge < -0.3 is 10.1 Å². The summed E-state index contributed by atoms with van der Waals surface area (Å²) in [7, 11) is 0. The first-order valence-electron chi connectivity index (χ1n) is 4.66. The van der Waals surface area contributed by atoms with Gasteiger partial charge in [0.2, 0.25) is 0 Å².